The summed E-state index contributed by atoms with van der Waals surface area (Å²) < 4.78 is 21.8. The quantitative estimate of drug-likeness (QED) is 0.736. The molecule has 5 heteroatoms. The number of hydrogen-bond donors (Lipinski definition) is 1. The van der Waals surface area contributed by atoms with Crippen LogP contribution in [-0.4, -0.2) is 32.9 Å². The van der Waals surface area contributed by atoms with E-state index in [9.17, 15) is 13.2 Å². The zero-order valence-corrected chi connectivity index (χ0v) is 12.1. The highest BCUT2D eigenvalue weighted by molar-refractivity contribution is 7.90. The second kappa shape index (κ2) is 7.94. The second-order valence-corrected chi connectivity index (χ2v) is 6.93. The molecule has 0 bridgehead atoms. The van der Waals surface area contributed by atoms with Gasteiger partial charge >= 0.3 is 0 Å². The van der Waals surface area contributed by atoms with E-state index in [4.69, 9.17) is 0 Å². The topological polar surface area (TPSA) is 63.2 Å². The highest BCUT2D eigenvalue weighted by atomic mass is 32.2. The molecule has 19 heavy (non-hydrogen) atoms. The lowest BCUT2D eigenvalue weighted by Crippen LogP contribution is -2.25. The number of carbonyl (C=O) groups excluding carboxylic acids is 1. The summed E-state index contributed by atoms with van der Waals surface area (Å²) in [5.74, 6) is 0.113. The smallest absolute Gasteiger partial charge is 0.220 e. The minimum atomic E-state index is -2.93. The van der Waals surface area contributed by atoms with E-state index < -0.39 is 9.84 Å². The van der Waals surface area contributed by atoms with Gasteiger partial charge in [-0.05, 0) is 24.8 Å². The van der Waals surface area contributed by atoms with Gasteiger partial charge < -0.3 is 5.32 Å². The molecule has 1 aromatic carbocycles. The number of nitrogens with one attached hydrogen (secondary N) is 1. The van der Waals surface area contributed by atoms with E-state index >= 15 is 0 Å². The molecule has 0 fully saturated rings. The van der Waals surface area contributed by atoms with E-state index in [0.717, 1.165) is 12.8 Å². The van der Waals surface area contributed by atoms with Crippen molar-refractivity contribution in [3.05, 3.63) is 35.9 Å². The molecule has 0 aliphatic rings. The molecular weight excluding hydrogens is 262 g/mol. The van der Waals surface area contributed by atoms with Crippen molar-refractivity contribution in [3.63, 3.8) is 0 Å². The molecule has 106 valence electrons. The Morgan fingerprint density at radius 3 is 2.47 bits per heavy atom. The highest BCUT2D eigenvalue weighted by Crippen LogP contribution is 2.04. The summed E-state index contributed by atoms with van der Waals surface area (Å²) in [5.41, 5.74) is 1.23. The molecule has 0 heterocycles. The molecule has 0 unspecified atom stereocenters. The molecule has 1 rings (SSSR count). The summed E-state index contributed by atoms with van der Waals surface area (Å²) in [6.07, 6.45) is 3.85. The molecule has 0 spiro atoms. The van der Waals surface area contributed by atoms with Crippen molar-refractivity contribution in [2.75, 3.05) is 18.6 Å². The lowest BCUT2D eigenvalue weighted by Gasteiger charge is -2.05. The van der Waals surface area contributed by atoms with Crippen molar-refractivity contribution >= 4 is 15.7 Å². The van der Waals surface area contributed by atoms with Gasteiger partial charge in [0.1, 0.15) is 9.84 Å². The van der Waals surface area contributed by atoms with Gasteiger partial charge in [-0.2, -0.15) is 0 Å². The first-order chi connectivity index (χ1) is 8.97. The summed E-state index contributed by atoms with van der Waals surface area (Å²) >= 11 is 0. The molecule has 1 aromatic rings. The van der Waals surface area contributed by atoms with Crippen molar-refractivity contribution < 1.29 is 13.2 Å². The fourth-order valence-corrected chi connectivity index (χ4v) is 2.42. The molecule has 0 saturated carbocycles. The fourth-order valence-electron chi connectivity index (χ4n) is 1.75. The molecular formula is C14H21NO3S. The molecule has 0 aromatic heterocycles. The number of amides is 1. The number of hydrogen-bond acceptors (Lipinski definition) is 3. The van der Waals surface area contributed by atoms with Crippen LogP contribution in [0.3, 0.4) is 0 Å². The maximum Gasteiger partial charge on any atom is 0.220 e. The van der Waals surface area contributed by atoms with Crippen LogP contribution < -0.4 is 5.32 Å². The van der Waals surface area contributed by atoms with Crippen molar-refractivity contribution in [3.8, 4) is 0 Å². The summed E-state index contributed by atoms with van der Waals surface area (Å²) in [4.78, 5) is 11.5. The third-order valence-corrected chi connectivity index (χ3v) is 3.76. The van der Waals surface area contributed by atoms with Crippen LogP contribution in [0.2, 0.25) is 0 Å². The van der Waals surface area contributed by atoms with Crippen LogP contribution in [0.25, 0.3) is 0 Å². The van der Waals surface area contributed by atoms with E-state index in [1.165, 1.54) is 11.8 Å². The van der Waals surface area contributed by atoms with Gasteiger partial charge in [0.2, 0.25) is 5.91 Å². The Balaban J connectivity index is 2.08. The van der Waals surface area contributed by atoms with Crippen molar-refractivity contribution in [2.45, 2.75) is 25.7 Å². The van der Waals surface area contributed by atoms with Crippen molar-refractivity contribution in [1.82, 2.24) is 5.32 Å². The molecule has 0 aliphatic heterocycles. The third kappa shape index (κ3) is 8.37. The first-order valence-corrected chi connectivity index (χ1v) is 8.52. The Labute approximate surface area is 115 Å². The summed E-state index contributed by atoms with van der Waals surface area (Å²) in [6.45, 7) is 0.428. The molecule has 0 saturated heterocycles. The maximum atomic E-state index is 11.5. The first kappa shape index (κ1) is 15.7. The standard InChI is InChI=1S/C14H21NO3S/c1-19(17,18)12-6-11-15-14(16)10-5-9-13-7-3-2-4-8-13/h2-4,7-8H,5-6,9-12H2,1H3,(H,15,16). The summed E-state index contributed by atoms with van der Waals surface area (Å²) in [7, 11) is -2.93. The van der Waals surface area contributed by atoms with Gasteiger partial charge in [-0.3, -0.25) is 4.79 Å². The Hall–Kier alpha value is -1.36. The largest absolute Gasteiger partial charge is 0.356 e. The van der Waals surface area contributed by atoms with E-state index in [1.807, 2.05) is 30.3 Å². The first-order valence-electron chi connectivity index (χ1n) is 6.46. The molecule has 0 aliphatic carbocycles. The average molecular weight is 283 g/mol. The lowest BCUT2D eigenvalue weighted by atomic mass is 10.1. The summed E-state index contributed by atoms with van der Waals surface area (Å²) in [5, 5.41) is 2.74. The minimum Gasteiger partial charge on any atom is -0.356 e. The van der Waals surface area contributed by atoms with Crippen LogP contribution in [0.4, 0.5) is 0 Å². The van der Waals surface area contributed by atoms with E-state index in [1.54, 1.807) is 0 Å². The average Bonchev–Trinajstić information content (AvgIpc) is 2.35. The van der Waals surface area contributed by atoms with Crippen LogP contribution in [0, 0.1) is 0 Å². The van der Waals surface area contributed by atoms with Gasteiger partial charge in [-0.1, -0.05) is 30.3 Å². The van der Waals surface area contributed by atoms with Gasteiger partial charge in [0.05, 0.1) is 5.75 Å². The molecule has 4 nitrogen and oxygen atoms in total. The number of sulfone groups is 1. The Kier molecular flexibility index (Phi) is 6.56. The second-order valence-electron chi connectivity index (χ2n) is 4.67. The van der Waals surface area contributed by atoms with E-state index in [2.05, 4.69) is 5.32 Å². The molecule has 1 amide bonds. The van der Waals surface area contributed by atoms with Crippen LogP contribution in [0.5, 0.6) is 0 Å². The monoisotopic (exact) mass is 283 g/mol. The van der Waals surface area contributed by atoms with Gasteiger partial charge in [-0.15, -0.1) is 0 Å². The Morgan fingerprint density at radius 1 is 1.16 bits per heavy atom. The third-order valence-electron chi connectivity index (χ3n) is 2.73. The Morgan fingerprint density at radius 2 is 1.84 bits per heavy atom. The van der Waals surface area contributed by atoms with Crippen LogP contribution >= 0.6 is 0 Å². The van der Waals surface area contributed by atoms with Crippen LogP contribution in [-0.2, 0) is 21.1 Å². The SMILES string of the molecule is CS(=O)(=O)CCCNC(=O)CCCc1ccccc1. The number of rotatable bonds is 8. The molecule has 0 atom stereocenters. The number of carbonyl (C=O) groups is 1. The fraction of sp³-hybridized carbons (Fsp3) is 0.500. The molecule has 0 radical (unpaired) electrons. The van der Waals surface area contributed by atoms with Gasteiger partial charge in [0, 0.05) is 19.2 Å². The number of aryl methyl sites for hydroxylation is 1. The van der Waals surface area contributed by atoms with Gasteiger partial charge in [0.15, 0.2) is 0 Å². The molecule has 1 N–H and O–H groups in total. The van der Waals surface area contributed by atoms with Crippen LogP contribution in [0.15, 0.2) is 30.3 Å². The summed E-state index contributed by atoms with van der Waals surface area (Å²) in [6, 6.07) is 10.0. The van der Waals surface area contributed by atoms with Crippen LogP contribution in [0.1, 0.15) is 24.8 Å². The van der Waals surface area contributed by atoms with Gasteiger partial charge in [0.25, 0.3) is 0 Å². The van der Waals surface area contributed by atoms with Crippen molar-refractivity contribution in [1.29, 1.82) is 0 Å². The normalized spacial score (nSPS) is 11.2. The van der Waals surface area contributed by atoms with Crippen molar-refractivity contribution in [2.24, 2.45) is 0 Å². The highest BCUT2D eigenvalue weighted by Gasteiger charge is 2.04. The van der Waals surface area contributed by atoms with Gasteiger partial charge in [-0.25, -0.2) is 8.42 Å². The van der Waals surface area contributed by atoms with E-state index in [0.29, 0.717) is 19.4 Å². The Bertz CT molecular complexity index is 483. The number of benzene rings is 1. The predicted molar refractivity (Wildman–Crippen MR) is 76.7 cm³/mol. The van der Waals surface area contributed by atoms with E-state index in [-0.39, 0.29) is 11.7 Å². The lowest BCUT2D eigenvalue weighted by molar-refractivity contribution is -0.121. The minimum absolute atomic E-state index is 0.00979. The zero-order valence-electron chi connectivity index (χ0n) is 11.3. The zero-order chi connectivity index (χ0) is 14.1. The maximum absolute atomic E-state index is 11.5. The predicted octanol–water partition coefficient (Wildman–Crippen LogP) is 1.56.